The summed E-state index contributed by atoms with van der Waals surface area (Å²) in [6, 6.07) is 8.53. The maximum Gasteiger partial charge on any atom is 0.180 e. The molecule has 0 N–H and O–H groups in total. The molecule has 0 bridgehead atoms. The predicted octanol–water partition coefficient (Wildman–Crippen LogP) is 4.54. The third kappa shape index (κ3) is 4.59. The van der Waals surface area contributed by atoms with Crippen LogP contribution in [0, 0.1) is 6.92 Å². The van der Waals surface area contributed by atoms with E-state index in [9.17, 15) is 0 Å². The predicted molar refractivity (Wildman–Crippen MR) is 75.7 cm³/mol. The number of rotatable bonds is 1. The third-order valence-corrected chi connectivity index (χ3v) is 2.34. The van der Waals surface area contributed by atoms with E-state index in [1.165, 1.54) is 11.1 Å². The zero-order valence-electron chi connectivity index (χ0n) is 11.9. The minimum atomic E-state index is 0.209. The minimum absolute atomic E-state index is 0.209. The van der Waals surface area contributed by atoms with Crippen LogP contribution in [0.15, 0.2) is 29.3 Å². The van der Waals surface area contributed by atoms with Crippen LogP contribution in [0.5, 0.6) is 0 Å². The molecule has 1 unspecified atom stereocenters. The Balaban J connectivity index is 0.000000581. The monoisotopic (exact) mass is 235 g/mol. The fourth-order valence-electron chi connectivity index (χ4n) is 1.61. The van der Waals surface area contributed by atoms with Crippen LogP contribution in [0.3, 0.4) is 0 Å². The second-order valence-corrected chi connectivity index (χ2v) is 3.33. The van der Waals surface area contributed by atoms with E-state index in [-0.39, 0.29) is 6.04 Å². The Morgan fingerprint density at radius 3 is 2.12 bits per heavy atom. The molecule has 2 heteroatoms. The molecule has 2 nitrogen and oxygen atoms in total. The summed E-state index contributed by atoms with van der Waals surface area (Å²) in [5.41, 5.74) is 2.56. The molecule has 0 amide bonds. The number of ether oxygens (including phenoxy) is 1. The molecule has 0 saturated carbocycles. The fraction of sp³-hybridized carbons (Fsp3) is 0.533. The van der Waals surface area contributed by atoms with E-state index in [1.807, 2.05) is 46.8 Å². The molecule has 2 rings (SSSR count). The van der Waals surface area contributed by atoms with Crippen LogP contribution in [0.2, 0.25) is 0 Å². The van der Waals surface area contributed by atoms with Crippen LogP contribution in [-0.4, -0.2) is 12.5 Å². The molecule has 1 aliphatic rings. The van der Waals surface area contributed by atoms with Gasteiger partial charge in [-0.1, -0.05) is 52.0 Å². The maximum atomic E-state index is 5.32. The first kappa shape index (κ1) is 15.7. The second-order valence-electron chi connectivity index (χ2n) is 3.33. The van der Waals surface area contributed by atoms with Gasteiger partial charge in [0.05, 0.1) is 0 Å². The van der Waals surface area contributed by atoms with E-state index in [2.05, 4.69) is 24.0 Å². The number of nitrogens with zero attached hydrogens (tertiary/aromatic N) is 1. The van der Waals surface area contributed by atoms with Crippen molar-refractivity contribution < 1.29 is 4.74 Å². The Labute approximate surface area is 106 Å². The van der Waals surface area contributed by atoms with Crippen LogP contribution in [-0.2, 0) is 4.74 Å². The van der Waals surface area contributed by atoms with Gasteiger partial charge < -0.3 is 4.74 Å². The van der Waals surface area contributed by atoms with E-state index in [0.717, 1.165) is 5.90 Å². The number of aliphatic imine (C=N–C) groups is 1. The van der Waals surface area contributed by atoms with Gasteiger partial charge in [0.2, 0.25) is 0 Å². The highest BCUT2D eigenvalue weighted by Gasteiger charge is 2.18. The lowest BCUT2D eigenvalue weighted by molar-refractivity contribution is 0.316. The molecule has 1 atom stereocenters. The summed E-state index contributed by atoms with van der Waals surface area (Å²) < 4.78 is 5.32. The molecular weight excluding hydrogens is 210 g/mol. The number of aryl methyl sites for hydroxylation is 1. The minimum Gasteiger partial charge on any atom is -0.479 e. The quantitative estimate of drug-likeness (QED) is 0.700. The lowest BCUT2D eigenvalue weighted by atomic mass is 10.0. The lowest BCUT2D eigenvalue weighted by Gasteiger charge is -2.08. The van der Waals surface area contributed by atoms with Gasteiger partial charge in [-0.3, -0.25) is 0 Å². The van der Waals surface area contributed by atoms with Crippen LogP contribution >= 0.6 is 0 Å². The average molecular weight is 235 g/mol. The van der Waals surface area contributed by atoms with Crippen molar-refractivity contribution in [2.75, 3.05) is 6.61 Å². The first-order valence-corrected chi connectivity index (χ1v) is 6.50. The Morgan fingerprint density at radius 2 is 1.65 bits per heavy atom. The molecule has 17 heavy (non-hydrogen) atoms. The van der Waals surface area contributed by atoms with Gasteiger partial charge in [-0.05, 0) is 18.1 Å². The summed E-state index contributed by atoms with van der Waals surface area (Å²) in [7, 11) is 0. The first-order chi connectivity index (χ1) is 8.27. The van der Waals surface area contributed by atoms with E-state index in [4.69, 9.17) is 4.74 Å². The highest BCUT2D eigenvalue weighted by atomic mass is 16.5. The van der Waals surface area contributed by atoms with Gasteiger partial charge in [0.25, 0.3) is 0 Å². The van der Waals surface area contributed by atoms with E-state index < -0.39 is 0 Å². The van der Waals surface area contributed by atoms with Crippen molar-refractivity contribution in [3.63, 3.8) is 0 Å². The molecule has 0 saturated heterocycles. The van der Waals surface area contributed by atoms with Crippen molar-refractivity contribution in [1.82, 2.24) is 0 Å². The standard InChI is InChI=1S/C11H13NO.2C2H6/c1-8-5-3-4-6-10(8)11-7-13-9(2)12-11;2*1-2/h3-6,11H,7H2,1-2H3;2*1-2H3. The molecule has 1 heterocycles. The Hall–Kier alpha value is -1.31. The molecule has 96 valence electrons. The maximum absolute atomic E-state index is 5.32. The van der Waals surface area contributed by atoms with Crippen molar-refractivity contribution in [3.8, 4) is 0 Å². The Morgan fingerprint density at radius 1 is 1.06 bits per heavy atom. The van der Waals surface area contributed by atoms with Crippen LogP contribution in [0.4, 0.5) is 0 Å². The van der Waals surface area contributed by atoms with Crippen molar-refractivity contribution in [2.24, 2.45) is 4.99 Å². The van der Waals surface area contributed by atoms with Gasteiger partial charge in [-0.15, -0.1) is 0 Å². The topological polar surface area (TPSA) is 21.6 Å². The van der Waals surface area contributed by atoms with Crippen LogP contribution in [0.1, 0.15) is 51.8 Å². The zero-order chi connectivity index (χ0) is 13.3. The second kappa shape index (κ2) is 8.80. The SMILES string of the molecule is CC.CC.CC1=NC(c2ccccc2C)CO1. The molecule has 1 aromatic rings. The van der Waals surface area contributed by atoms with Gasteiger partial charge in [-0.25, -0.2) is 4.99 Å². The van der Waals surface area contributed by atoms with Crippen LogP contribution in [0.25, 0.3) is 0 Å². The van der Waals surface area contributed by atoms with Crippen molar-refractivity contribution in [1.29, 1.82) is 0 Å². The highest BCUT2D eigenvalue weighted by molar-refractivity contribution is 5.75. The number of benzene rings is 1. The average Bonchev–Trinajstić information content (AvgIpc) is 2.81. The number of hydrogen-bond acceptors (Lipinski definition) is 2. The lowest BCUT2D eigenvalue weighted by Crippen LogP contribution is -1.99. The molecule has 0 radical (unpaired) electrons. The van der Waals surface area contributed by atoms with Crippen molar-refractivity contribution >= 4 is 5.90 Å². The van der Waals surface area contributed by atoms with Gasteiger partial charge in [0.1, 0.15) is 12.6 Å². The Kier molecular flexibility index (Phi) is 8.12. The van der Waals surface area contributed by atoms with E-state index in [0.29, 0.717) is 6.61 Å². The summed E-state index contributed by atoms with van der Waals surface area (Å²) in [5, 5.41) is 0. The molecule has 0 fully saturated rings. The van der Waals surface area contributed by atoms with Crippen LogP contribution < -0.4 is 0 Å². The molecular formula is C15H25NO. The summed E-state index contributed by atoms with van der Waals surface area (Å²) in [6.45, 7) is 12.7. The summed E-state index contributed by atoms with van der Waals surface area (Å²) in [5.74, 6) is 0.799. The molecule has 0 aliphatic carbocycles. The van der Waals surface area contributed by atoms with Crippen molar-refractivity contribution in [2.45, 2.75) is 47.6 Å². The smallest absolute Gasteiger partial charge is 0.180 e. The normalized spacial score (nSPS) is 16.8. The summed E-state index contributed by atoms with van der Waals surface area (Å²) in [6.07, 6.45) is 0. The molecule has 1 aliphatic heterocycles. The summed E-state index contributed by atoms with van der Waals surface area (Å²) in [4.78, 5) is 4.41. The largest absolute Gasteiger partial charge is 0.479 e. The highest BCUT2D eigenvalue weighted by Crippen LogP contribution is 2.25. The zero-order valence-corrected chi connectivity index (χ0v) is 11.9. The third-order valence-electron chi connectivity index (χ3n) is 2.34. The molecule has 0 spiro atoms. The number of hydrogen-bond donors (Lipinski definition) is 0. The van der Waals surface area contributed by atoms with Gasteiger partial charge in [0.15, 0.2) is 5.90 Å². The van der Waals surface area contributed by atoms with Crippen molar-refractivity contribution in [3.05, 3.63) is 35.4 Å². The molecule has 0 aromatic heterocycles. The van der Waals surface area contributed by atoms with E-state index in [1.54, 1.807) is 0 Å². The Bertz CT molecular complexity index is 345. The fourth-order valence-corrected chi connectivity index (χ4v) is 1.61. The molecule has 1 aromatic carbocycles. The van der Waals surface area contributed by atoms with Gasteiger partial charge in [-0.2, -0.15) is 0 Å². The first-order valence-electron chi connectivity index (χ1n) is 6.50. The van der Waals surface area contributed by atoms with Gasteiger partial charge in [0, 0.05) is 6.92 Å². The van der Waals surface area contributed by atoms with E-state index >= 15 is 0 Å². The summed E-state index contributed by atoms with van der Waals surface area (Å²) >= 11 is 0. The van der Waals surface area contributed by atoms with Gasteiger partial charge >= 0.3 is 0 Å².